The Kier molecular flexibility index (Phi) is 6.38. The minimum absolute atomic E-state index is 0.0627. The van der Waals surface area contributed by atoms with Crippen molar-refractivity contribution in [1.29, 1.82) is 0 Å². The Labute approximate surface area is 172 Å². The molecule has 1 unspecified atom stereocenters. The van der Waals surface area contributed by atoms with Gasteiger partial charge in [-0.1, -0.05) is 17.7 Å². The van der Waals surface area contributed by atoms with E-state index in [-0.39, 0.29) is 12.0 Å². The summed E-state index contributed by atoms with van der Waals surface area (Å²) in [6.45, 7) is 0. The number of benzene rings is 1. The highest BCUT2D eigenvalue weighted by atomic mass is 35.5. The summed E-state index contributed by atoms with van der Waals surface area (Å²) < 4.78 is 27.3. The van der Waals surface area contributed by atoms with Gasteiger partial charge in [0.05, 0.1) is 21.3 Å². The maximum absolute atomic E-state index is 13.5. The van der Waals surface area contributed by atoms with Crippen LogP contribution in [0.1, 0.15) is 17.3 Å². The first-order chi connectivity index (χ1) is 13.4. The minimum atomic E-state index is -1.15. The standard InChI is InChI=1S/C18H14ClF2N3O2S2/c1-22-17(26)16(9-2-3-11(20)12(21)6-9)24-15(25)7-10-8-27-18(23-10)13-4-5-14(19)28-13/h2-6,8,16H,7H2,1H3,(H,22,26)(H,24,25). The summed E-state index contributed by atoms with van der Waals surface area (Å²) in [6, 6.07) is 5.51. The van der Waals surface area contributed by atoms with Crippen molar-refractivity contribution < 1.29 is 18.4 Å². The molecule has 3 aromatic rings. The molecular weight excluding hydrogens is 428 g/mol. The van der Waals surface area contributed by atoms with Gasteiger partial charge in [-0.2, -0.15) is 0 Å². The second kappa shape index (κ2) is 8.76. The van der Waals surface area contributed by atoms with Gasteiger partial charge in [0.15, 0.2) is 11.6 Å². The highest BCUT2D eigenvalue weighted by Crippen LogP contribution is 2.33. The number of amides is 2. The van der Waals surface area contributed by atoms with E-state index in [9.17, 15) is 18.4 Å². The third kappa shape index (κ3) is 4.73. The summed E-state index contributed by atoms with van der Waals surface area (Å²) in [7, 11) is 1.39. The van der Waals surface area contributed by atoms with Crippen LogP contribution in [0.3, 0.4) is 0 Å². The number of aromatic nitrogens is 1. The van der Waals surface area contributed by atoms with E-state index in [2.05, 4.69) is 15.6 Å². The van der Waals surface area contributed by atoms with Crippen molar-refractivity contribution in [2.45, 2.75) is 12.5 Å². The van der Waals surface area contributed by atoms with E-state index in [1.54, 1.807) is 11.4 Å². The van der Waals surface area contributed by atoms with Crippen LogP contribution < -0.4 is 10.6 Å². The van der Waals surface area contributed by atoms with Crippen LogP contribution in [0.25, 0.3) is 9.88 Å². The number of likely N-dealkylation sites (N-methyl/N-ethyl adjacent to an activating group) is 1. The Morgan fingerprint density at radius 2 is 2.00 bits per heavy atom. The zero-order valence-electron chi connectivity index (χ0n) is 14.5. The first-order valence-corrected chi connectivity index (χ1v) is 10.1. The normalized spacial score (nSPS) is 11.9. The lowest BCUT2D eigenvalue weighted by Crippen LogP contribution is -2.39. The van der Waals surface area contributed by atoms with Crippen molar-refractivity contribution in [2.24, 2.45) is 0 Å². The summed E-state index contributed by atoms with van der Waals surface area (Å²) in [5.74, 6) is -3.15. The van der Waals surface area contributed by atoms with Crippen LogP contribution in [0.5, 0.6) is 0 Å². The van der Waals surface area contributed by atoms with Crippen LogP contribution in [0.4, 0.5) is 8.78 Å². The molecule has 0 saturated heterocycles. The fourth-order valence-corrected chi connectivity index (χ4v) is 4.38. The molecule has 10 heteroatoms. The van der Waals surface area contributed by atoms with Crippen LogP contribution in [-0.2, 0) is 16.0 Å². The first-order valence-electron chi connectivity index (χ1n) is 8.03. The molecule has 0 aliphatic carbocycles. The highest BCUT2D eigenvalue weighted by Gasteiger charge is 2.23. The smallest absolute Gasteiger partial charge is 0.246 e. The van der Waals surface area contributed by atoms with Gasteiger partial charge in [0.1, 0.15) is 11.0 Å². The number of thiophene rings is 1. The molecule has 2 heterocycles. The van der Waals surface area contributed by atoms with E-state index in [0.29, 0.717) is 10.0 Å². The van der Waals surface area contributed by atoms with Gasteiger partial charge in [-0.3, -0.25) is 9.59 Å². The van der Waals surface area contributed by atoms with Gasteiger partial charge in [-0.25, -0.2) is 13.8 Å². The van der Waals surface area contributed by atoms with E-state index in [0.717, 1.165) is 22.0 Å². The van der Waals surface area contributed by atoms with Crippen LogP contribution in [0, 0.1) is 11.6 Å². The molecule has 0 saturated carbocycles. The Hall–Kier alpha value is -2.36. The monoisotopic (exact) mass is 441 g/mol. The maximum Gasteiger partial charge on any atom is 0.246 e. The third-order valence-electron chi connectivity index (χ3n) is 3.77. The molecule has 1 aromatic carbocycles. The van der Waals surface area contributed by atoms with Gasteiger partial charge >= 0.3 is 0 Å². The molecule has 3 rings (SSSR count). The zero-order valence-corrected chi connectivity index (χ0v) is 16.9. The molecule has 146 valence electrons. The number of thiazole rings is 1. The molecule has 2 amide bonds. The number of hydrogen-bond donors (Lipinski definition) is 2. The third-order valence-corrected chi connectivity index (χ3v) is 6.06. The van der Waals surface area contributed by atoms with Crippen LogP contribution in [-0.4, -0.2) is 23.8 Å². The fraction of sp³-hybridized carbons (Fsp3) is 0.167. The van der Waals surface area contributed by atoms with E-state index in [1.165, 1.54) is 35.8 Å². The fourth-order valence-electron chi connectivity index (χ4n) is 2.44. The second-order valence-corrected chi connectivity index (χ2v) is 8.29. The second-order valence-electron chi connectivity index (χ2n) is 5.71. The summed E-state index contributed by atoms with van der Waals surface area (Å²) in [6.07, 6.45) is -0.0627. The summed E-state index contributed by atoms with van der Waals surface area (Å²) in [4.78, 5) is 29.8. The Morgan fingerprint density at radius 1 is 1.21 bits per heavy atom. The van der Waals surface area contributed by atoms with Crippen LogP contribution in [0.2, 0.25) is 4.34 Å². The van der Waals surface area contributed by atoms with Gasteiger partial charge in [-0.05, 0) is 29.8 Å². The number of hydrogen-bond acceptors (Lipinski definition) is 5. The van der Waals surface area contributed by atoms with Crippen molar-refractivity contribution in [3.63, 3.8) is 0 Å². The topological polar surface area (TPSA) is 71.1 Å². The summed E-state index contributed by atoms with van der Waals surface area (Å²) in [5, 5.41) is 7.42. The number of halogens is 3. The van der Waals surface area contributed by atoms with Crippen LogP contribution in [0.15, 0.2) is 35.7 Å². The molecule has 1 atom stereocenters. The Balaban J connectivity index is 1.73. The predicted molar refractivity (Wildman–Crippen MR) is 105 cm³/mol. The molecule has 0 fully saturated rings. The van der Waals surface area contributed by atoms with E-state index < -0.39 is 29.5 Å². The highest BCUT2D eigenvalue weighted by molar-refractivity contribution is 7.23. The first kappa shape index (κ1) is 20.4. The maximum atomic E-state index is 13.5. The summed E-state index contributed by atoms with van der Waals surface area (Å²) >= 11 is 8.69. The van der Waals surface area contributed by atoms with Crippen molar-refractivity contribution in [3.05, 3.63) is 62.9 Å². The lowest BCUT2D eigenvalue weighted by atomic mass is 10.1. The van der Waals surface area contributed by atoms with Crippen molar-refractivity contribution in [1.82, 2.24) is 15.6 Å². The van der Waals surface area contributed by atoms with Gasteiger partial charge in [-0.15, -0.1) is 22.7 Å². The summed E-state index contributed by atoms with van der Waals surface area (Å²) in [5.41, 5.74) is 0.668. The van der Waals surface area contributed by atoms with Crippen molar-refractivity contribution >= 4 is 46.1 Å². The van der Waals surface area contributed by atoms with Gasteiger partial charge in [0.25, 0.3) is 0 Å². The quantitative estimate of drug-likeness (QED) is 0.608. The molecule has 0 bridgehead atoms. The van der Waals surface area contributed by atoms with E-state index in [1.807, 2.05) is 6.07 Å². The Morgan fingerprint density at radius 3 is 2.64 bits per heavy atom. The van der Waals surface area contributed by atoms with Gasteiger partial charge < -0.3 is 10.6 Å². The number of carbonyl (C=O) groups is 2. The van der Waals surface area contributed by atoms with Gasteiger partial charge in [0, 0.05) is 12.4 Å². The Bertz CT molecular complexity index is 1020. The lowest BCUT2D eigenvalue weighted by Gasteiger charge is -2.17. The molecule has 2 aromatic heterocycles. The predicted octanol–water partition coefficient (Wildman–Crippen LogP) is 3.95. The molecule has 0 spiro atoms. The average molecular weight is 442 g/mol. The number of carbonyl (C=O) groups excluding carboxylic acids is 2. The molecule has 2 N–H and O–H groups in total. The van der Waals surface area contributed by atoms with Crippen LogP contribution >= 0.6 is 34.3 Å². The van der Waals surface area contributed by atoms with Gasteiger partial charge in [0.2, 0.25) is 11.8 Å². The zero-order chi connectivity index (χ0) is 20.3. The lowest BCUT2D eigenvalue weighted by molar-refractivity contribution is -0.128. The SMILES string of the molecule is CNC(=O)C(NC(=O)Cc1csc(-c2ccc(Cl)s2)n1)c1ccc(F)c(F)c1. The number of rotatable bonds is 6. The molecule has 0 radical (unpaired) electrons. The average Bonchev–Trinajstić information content (AvgIpc) is 3.30. The van der Waals surface area contributed by atoms with E-state index >= 15 is 0 Å². The minimum Gasteiger partial charge on any atom is -0.357 e. The molecule has 5 nitrogen and oxygen atoms in total. The molecular formula is C18H14ClF2N3O2S2. The molecule has 0 aliphatic rings. The number of nitrogens with one attached hydrogen (secondary N) is 2. The van der Waals surface area contributed by atoms with Crippen molar-refractivity contribution in [2.75, 3.05) is 7.05 Å². The largest absolute Gasteiger partial charge is 0.357 e. The van der Waals surface area contributed by atoms with E-state index in [4.69, 9.17) is 11.6 Å². The van der Waals surface area contributed by atoms with Crippen molar-refractivity contribution in [3.8, 4) is 9.88 Å². The molecule has 28 heavy (non-hydrogen) atoms. The molecule has 0 aliphatic heterocycles. The number of nitrogens with zero attached hydrogens (tertiary/aromatic N) is 1.